The van der Waals surface area contributed by atoms with Crippen LogP contribution < -0.4 is 5.32 Å². The Hall–Kier alpha value is -1.72. The number of amides is 1. The van der Waals surface area contributed by atoms with Gasteiger partial charge in [0.25, 0.3) is 0 Å². The van der Waals surface area contributed by atoms with E-state index in [2.05, 4.69) is 21.2 Å². The Morgan fingerprint density at radius 3 is 2.50 bits per heavy atom. The SMILES string of the molecule is O=C(CCc1ccccc1Br)NCC1(c2ccc(F)cc2)CCOCC1. The van der Waals surface area contributed by atoms with Crippen molar-refractivity contribution in [2.45, 2.75) is 31.1 Å². The predicted octanol–water partition coefficient (Wildman–Crippen LogP) is 4.39. The average Bonchev–Trinajstić information content (AvgIpc) is 2.67. The van der Waals surface area contributed by atoms with E-state index in [0.29, 0.717) is 32.6 Å². The Kier molecular flexibility index (Phi) is 6.43. The average molecular weight is 420 g/mol. The molecule has 1 heterocycles. The molecule has 1 aliphatic heterocycles. The molecule has 0 radical (unpaired) electrons. The fourth-order valence-electron chi connectivity index (χ4n) is 3.44. The van der Waals surface area contributed by atoms with Gasteiger partial charge in [0.1, 0.15) is 5.82 Å². The zero-order valence-electron chi connectivity index (χ0n) is 14.6. The van der Waals surface area contributed by atoms with Gasteiger partial charge in [-0.05, 0) is 48.6 Å². The molecule has 0 aromatic heterocycles. The lowest BCUT2D eigenvalue weighted by Crippen LogP contribution is -2.44. The highest BCUT2D eigenvalue weighted by Crippen LogP contribution is 2.34. The van der Waals surface area contributed by atoms with Crippen molar-refractivity contribution < 1.29 is 13.9 Å². The molecule has 0 atom stereocenters. The number of benzene rings is 2. The Morgan fingerprint density at radius 2 is 1.81 bits per heavy atom. The minimum Gasteiger partial charge on any atom is -0.381 e. The van der Waals surface area contributed by atoms with E-state index in [1.54, 1.807) is 0 Å². The molecule has 0 unspecified atom stereocenters. The second-order valence-electron chi connectivity index (χ2n) is 6.77. The highest BCUT2D eigenvalue weighted by molar-refractivity contribution is 9.10. The van der Waals surface area contributed by atoms with E-state index in [1.807, 2.05) is 36.4 Å². The van der Waals surface area contributed by atoms with Crippen molar-refractivity contribution in [2.75, 3.05) is 19.8 Å². The second kappa shape index (κ2) is 8.78. The van der Waals surface area contributed by atoms with E-state index in [1.165, 1.54) is 12.1 Å². The predicted molar refractivity (Wildman–Crippen MR) is 104 cm³/mol. The van der Waals surface area contributed by atoms with Gasteiger partial charge in [-0.25, -0.2) is 4.39 Å². The zero-order valence-corrected chi connectivity index (χ0v) is 16.2. The van der Waals surface area contributed by atoms with Crippen molar-refractivity contribution in [2.24, 2.45) is 0 Å². The van der Waals surface area contributed by atoms with Crippen LogP contribution >= 0.6 is 15.9 Å². The maximum Gasteiger partial charge on any atom is 0.220 e. The summed E-state index contributed by atoms with van der Waals surface area (Å²) in [5.74, 6) is -0.206. The van der Waals surface area contributed by atoms with Crippen LogP contribution in [0.3, 0.4) is 0 Å². The molecule has 138 valence electrons. The molecule has 26 heavy (non-hydrogen) atoms. The number of hydrogen-bond donors (Lipinski definition) is 1. The molecule has 0 spiro atoms. The molecule has 0 aliphatic carbocycles. The molecule has 1 aliphatic rings. The largest absolute Gasteiger partial charge is 0.381 e. The Balaban J connectivity index is 1.61. The summed E-state index contributed by atoms with van der Waals surface area (Å²) >= 11 is 3.52. The summed E-state index contributed by atoms with van der Waals surface area (Å²) in [6, 6.07) is 14.6. The lowest BCUT2D eigenvalue weighted by Gasteiger charge is -2.38. The molecule has 3 rings (SSSR count). The molecular formula is C21H23BrFNO2. The van der Waals surface area contributed by atoms with Gasteiger partial charge in [-0.2, -0.15) is 0 Å². The summed E-state index contributed by atoms with van der Waals surface area (Å²) in [5, 5.41) is 3.09. The lowest BCUT2D eigenvalue weighted by molar-refractivity contribution is -0.121. The van der Waals surface area contributed by atoms with Crippen LogP contribution in [-0.2, 0) is 21.4 Å². The second-order valence-corrected chi connectivity index (χ2v) is 7.62. The number of rotatable bonds is 6. The molecule has 5 heteroatoms. The first-order valence-corrected chi connectivity index (χ1v) is 9.72. The third kappa shape index (κ3) is 4.71. The van der Waals surface area contributed by atoms with Crippen LogP contribution in [0.2, 0.25) is 0 Å². The van der Waals surface area contributed by atoms with Gasteiger partial charge < -0.3 is 10.1 Å². The van der Waals surface area contributed by atoms with Crippen LogP contribution in [0.4, 0.5) is 4.39 Å². The highest BCUT2D eigenvalue weighted by atomic mass is 79.9. The van der Waals surface area contributed by atoms with E-state index in [0.717, 1.165) is 28.4 Å². The number of carbonyl (C=O) groups is 1. The normalized spacial score (nSPS) is 16.2. The summed E-state index contributed by atoms with van der Waals surface area (Å²) in [5.41, 5.74) is 2.00. The van der Waals surface area contributed by atoms with Gasteiger partial charge in [0.15, 0.2) is 0 Å². The van der Waals surface area contributed by atoms with Gasteiger partial charge in [-0.15, -0.1) is 0 Å². The van der Waals surface area contributed by atoms with Crippen LogP contribution in [0.25, 0.3) is 0 Å². The molecule has 0 bridgehead atoms. The van der Waals surface area contributed by atoms with Crippen molar-refractivity contribution in [1.82, 2.24) is 5.32 Å². The number of hydrogen-bond acceptors (Lipinski definition) is 2. The van der Waals surface area contributed by atoms with Crippen LogP contribution in [0.15, 0.2) is 53.0 Å². The molecule has 1 N–H and O–H groups in total. The number of aryl methyl sites for hydroxylation is 1. The van der Waals surface area contributed by atoms with Gasteiger partial charge in [0, 0.05) is 36.1 Å². The number of ether oxygens (including phenoxy) is 1. The van der Waals surface area contributed by atoms with Gasteiger partial charge in [-0.1, -0.05) is 46.3 Å². The van der Waals surface area contributed by atoms with Gasteiger partial charge in [0.05, 0.1) is 0 Å². The number of carbonyl (C=O) groups excluding carboxylic acids is 1. The Labute approximate surface area is 162 Å². The maximum absolute atomic E-state index is 13.3. The van der Waals surface area contributed by atoms with E-state index in [-0.39, 0.29) is 17.1 Å². The smallest absolute Gasteiger partial charge is 0.220 e. The first kappa shape index (κ1) is 19.1. The molecule has 3 nitrogen and oxygen atoms in total. The summed E-state index contributed by atoms with van der Waals surface area (Å²) in [6.45, 7) is 1.87. The van der Waals surface area contributed by atoms with Crippen molar-refractivity contribution >= 4 is 21.8 Å². The van der Waals surface area contributed by atoms with Crippen LogP contribution in [0.5, 0.6) is 0 Å². The number of halogens is 2. The van der Waals surface area contributed by atoms with Crippen molar-refractivity contribution in [3.05, 3.63) is 69.9 Å². The summed E-state index contributed by atoms with van der Waals surface area (Å²) in [4.78, 5) is 12.4. The maximum atomic E-state index is 13.3. The highest BCUT2D eigenvalue weighted by Gasteiger charge is 2.34. The van der Waals surface area contributed by atoms with Crippen LogP contribution in [-0.4, -0.2) is 25.7 Å². The Bertz CT molecular complexity index is 742. The van der Waals surface area contributed by atoms with Gasteiger partial charge in [-0.3, -0.25) is 4.79 Å². The number of nitrogens with one attached hydrogen (secondary N) is 1. The van der Waals surface area contributed by atoms with Crippen molar-refractivity contribution in [1.29, 1.82) is 0 Å². The molecular weight excluding hydrogens is 397 g/mol. The molecule has 1 fully saturated rings. The first-order valence-electron chi connectivity index (χ1n) is 8.93. The van der Waals surface area contributed by atoms with Crippen molar-refractivity contribution in [3.63, 3.8) is 0 Å². The summed E-state index contributed by atoms with van der Waals surface area (Å²) < 4.78 is 19.8. The molecule has 0 saturated carbocycles. The summed E-state index contributed by atoms with van der Waals surface area (Å²) in [7, 11) is 0. The molecule has 2 aromatic rings. The topological polar surface area (TPSA) is 38.3 Å². The van der Waals surface area contributed by atoms with E-state index in [9.17, 15) is 9.18 Å². The first-order chi connectivity index (χ1) is 12.6. The summed E-state index contributed by atoms with van der Waals surface area (Å²) in [6.07, 6.45) is 2.78. The van der Waals surface area contributed by atoms with E-state index < -0.39 is 0 Å². The quantitative estimate of drug-likeness (QED) is 0.753. The minimum atomic E-state index is -0.242. The minimum absolute atomic E-state index is 0.0359. The van der Waals surface area contributed by atoms with Gasteiger partial charge in [0.2, 0.25) is 5.91 Å². The van der Waals surface area contributed by atoms with E-state index >= 15 is 0 Å². The third-order valence-corrected chi connectivity index (χ3v) is 5.88. The van der Waals surface area contributed by atoms with Gasteiger partial charge >= 0.3 is 0 Å². The lowest BCUT2D eigenvalue weighted by atomic mass is 9.74. The van der Waals surface area contributed by atoms with Crippen molar-refractivity contribution in [3.8, 4) is 0 Å². The third-order valence-electron chi connectivity index (χ3n) is 5.11. The fraction of sp³-hybridized carbons (Fsp3) is 0.381. The molecule has 1 amide bonds. The van der Waals surface area contributed by atoms with Crippen LogP contribution in [0, 0.1) is 5.82 Å². The molecule has 2 aromatic carbocycles. The fourth-order valence-corrected chi connectivity index (χ4v) is 3.92. The van der Waals surface area contributed by atoms with Crippen LogP contribution in [0.1, 0.15) is 30.4 Å². The Morgan fingerprint density at radius 1 is 1.12 bits per heavy atom. The monoisotopic (exact) mass is 419 g/mol. The standard InChI is InChI=1S/C21H23BrFNO2/c22-19-4-2-1-3-16(19)5-10-20(25)24-15-21(11-13-26-14-12-21)17-6-8-18(23)9-7-17/h1-4,6-9H,5,10-15H2,(H,24,25). The zero-order chi connectivity index (χ0) is 18.4. The van der Waals surface area contributed by atoms with E-state index in [4.69, 9.17) is 4.74 Å². The molecule has 1 saturated heterocycles.